The average Bonchev–Trinajstić information content (AvgIpc) is 2.75. The lowest BCUT2D eigenvalue weighted by Crippen LogP contribution is -1.98. The van der Waals surface area contributed by atoms with Crippen LogP contribution >= 0.6 is 0 Å². The molecule has 0 unspecified atom stereocenters. The minimum Gasteiger partial charge on any atom is -0.496 e. The van der Waals surface area contributed by atoms with Crippen molar-refractivity contribution < 1.29 is 13.2 Å². The van der Waals surface area contributed by atoms with E-state index in [4.69, 9.17) is 4.74 Å². The predicted molar refractivity (Wildman–Crippen MR) is 73.3 cm³/mol. The number of fused-ring (bicyclic) bond motifs is 3. The summed E-state index contributed by atoms with van der Waals surface area (Å²) in [5, 5.41) is 0.695. The molecule has 0 fully saturated rings. The van der Waals surface area contributed by atoms with Crippen molar-refractivity contribution in [1.29, 1.82) is 0 Å². The fraction of sp³-hybridized carbons (Fsp3) is 0.154. The van der Waals surface area contributed by atoms with Gasteiger partial charge in [0, 0.05) is 12.5 Å². The maximum absolute atomic E-state index is 11.8. The van der Waals surface area contributed by atoms with E-state index in [1.807, 2.05) is 6.07 Å². The number of benzene rings is 1. The molecular formula is C13H12N2O3S. The van der Waals surface area contributed by atoms with E-state index in [9.17, 15) is 8.42 Å². The number of methoxy groups -OCH3 is 1. The van der Waals surface area contributed by atoms with Crippen molar-refractivity contribution in [3.8, 4) is 5.75 Å². The number of nitrogens with one attached hydrogen (secondary N) is 1. The van der Waals surface area contributed by atoms with Gasteiger partial charge in [-0.15, -0.1) is 0 Å². The summed E-state index contributed by atoms with van der Waals surface area (Å²) in [5.74, 6) is 0.604. The molecule has 0 aliphatic heterocycles. The molecule has 0 radical (unpaired) electrons. The van der Waals surface area contributed by atoms with Crippen LogP contribution in [0, 0.1) is 0 Å². The number of sulfone groups is 1. The molecule has 6 heteroatoms. The molecule has 98 valence electrons. The molecule has 0 bridgehead atoms. The summed E-state index contributed by atoms with van der Waals surface area (Å²) in [4.78, 5) is 7.65. The van der Waals surface area contributed by atoms with Gasteiger partial charge in [-0.3, -0.25) is 4.98 Å². The zero-order valence-electron chi connectivity index (χ0n) is 10.5. The molecule has 1 aromatic carbocycles. The SMILES string of the molecule is COc1ccc(S(C)(=O)=O)c2[nH]c3cccnc3c12. The number of hydrogen-bond donors (Lipinski definition) is 1. The minimum absolute atomic E-state index is 0.251. The molecule has 0 saturated carbocycles. The highest BCUT2D eigenvalue weighted by molar-refractivity contribution is 7.91. The second-order valence-corrected chi connectivity index (χ2v) is 6.30. The lowest BCUT2D eigenvalue weighted by molar-refractivity contribution is 0.420. The van der Waals surface area contributed by atoms with E-state index < -0.39 is 9.84 Å². The third-order valence-electron chi connectivity index (χ3n) is 3.05. The Bertz CT molecular complexity index is 881. The van der Waals surface area contributed by atoms with E-state index in [2.05, 4.69) is 9.97 Å². The molecule has 3 aromatic rings. The van der Waals surface area contributed by atoms with Gasteiger partial charge in [0.05, 0.1) is 33.9 Å². The van der Waals surface area contributed by atoms with E-state index in [0.29, 0.717) is 22.2 Å². The highest BCUT2D eigenvalue weighted by Crippen LogP contribution is 2.35. The quantitative estimate of drug-likeness (QED) is 0.778. The van der Waals surface area contributed by atoms with Crippen LogP contribution < -0.4 is 4.74 Å². The second-order valence-electron chi connectivity index (χ2n) is 4.31. The first-order valence-electron chi connectivity index (χ1n) is 5.66. The van der Waals surface area contributed by atoms with Gasteiger partial charge in [0.15, 0.2) is 9.84 Å². The van der Waals surface area contributed by atoms with Crippen molar-refractivity contribution in [2.45, 2.75) is 4.90 Å². The van der Waals surface area contributed by atoms with E-state index in [1.165, 1.54) is 6.26 Å². The largest absolute Gasteiger partial charge is 0.496 e. The summed E-state index contributed by atoms with van der Waals surface area (Å²) < 4.78 is 29.0. The molecule has 0 atom stereocenters. The first-order valence-corrected chi connectivity index (χ1v) is 7.55. The summed E-state index contributed by atoms with van der Waals surface area (Å²) in [7, 11) is -1.76. The molecule has 3 rings (SSSR count). The van der Waals surface area contributed by atoms with Crippen LogP contribution in [0.5, 0.6) is 5.75 Å². The van der Waals surface area contributed by atoms with E-state index >= 15 is 0 Å². The van der Waals surface area contributed by atoms with Crippen molar-refractivity contribution in [3.05, 3.63) is 30.5 Å². The molecule has 0 amide bonds. The van der Waals surface area contributed by atoms with Crippen molar-refractivity contribution >= 4 is 31.8 Å². The maximum Gasteiger partial charge on any atom is 0.177 e. The summed E-state index contributed by atoms with van der Waals surface area (Å²) in [6.45, 7) is 0. The van der Waals surface area contributed by atoms with Crippen LogP contribution in [0.3, 0.4) is 0 Å². The van der Waals surface area contributed by atoms with Crippen molar-refractivity contribution in [1.82, 2.24) is 9.97 Å². The third-order valence-corrected chi connectivity index (χ3v) is 4.19. The van der Waals surface area contributed by atoms with Crippen molar-refractivity contribution in [2.75, 3.05) is 13.4 Å². The first kappa shape index (κ1) is 12.0. The van der Waals surface area contributed by atoms with Gasteiger partial charge >= 0.3 is 0 Å². The highest BCUT2D eigenvalue weighted by atomic mass is 32.2. The van der Waals surface area contributed by atoms with Crippen LogP contribution in [0.15, 0.2) is 35.4 Å². The molecule has 0 aliphatic carbocycles. The van der Waals surface area contributed by atoms with Gasteiger partial charge < -0.3 is 9.72 Å². The van der Waals surface area contributed by atoms with Gasteiger partial charge in [-0.2, -0.15) is 0 Å². The summed E-state index contributed by atoms with van der Waals surface area (Å²) in [6.07, 6.45) is 2.86. The summed E-state index contributed by atoms with van der Waals surface area (Å²) in [6, 6.07) is 6.85. The number of aromatic nitrogens is 2. The summed E-state index contributed by atoms with van der Waals surface area (Å²) in [5.41, 5.74) is 2.03. The Morgan fingerprint density at radius 1 is 1.26 bits per heavy atom. The lowest BCUT2D eigenvalue weighted by Gasteiger charge is -2.05. The average molecular weight is 276 g/mol. The topological polar surface area (TPSA) is 72.1 Å². The summed E-state index contributed by atoms with van der Waals surface area (Å²) >= 11 is 0. The molecule has 0 aliphatic rings. The minimum atomic E-state index is -3.32. The molecule has 19 heavy (non-hydrogen) atoms. The molecule has 2 heterocycles. The van der Waals surface area contributed by atoms with Crippen LogP contribution in [0.25, 0.3) is 21.9 Å². The third kappa shape index (κ3) is 1.76. The monoisotopic (exact) mass is 276 g/mol. The van der Waals surface area contributed by atoms with Crippen LogP contribution in [0.1, 0.15) is 0 Å². The molecule has 1 N–H and O–H groups in total. The Hall–Kier alpha value is -2.08. The van der Waals surface area contributed by atoms with Crippen molar-refractivity contribution in [3.63, 3.8) is 0 Å². The fourth-order valence-corrected chi connectivity index (χ4v) is 3.08. The Morgan fingerprint density at radius 2 is 2.05 bits per heavy atom. The van der Waals surface area contributed by atoms with Gasteiger partial charge in [0.1, 0.15) is 5.75 Å². The highest BCUT2D eigenvalue weighted by Gasteiger charge is 2.19. The first-order chi connectivity index (χ1) is 9.02. The Labute approximate surface area is 110 Å². The number of hydrogen-bond acceptors (Lipinski definition) is 4. The van der Waals surface area contributed by atoms with E-state index in [-0.39, 0.29) is 4.90 Å². The Morgan fingerprint density at radius 3 is 2.74 bits per heavy atom. The smallest absolute Gasteiger partial charge is 0.177 e. The van der Waals surface area contributed by atoms with Crippen LogP contribution in [0.2, 0.25) is 0 Å². The number of pyridine rings is 1. The normalized spacial score (nSPS) is 12.1. The molecular weight excluding hydrogens is 264 g/mol. The number of aromatic amines is 1. The van der Waals surface area contributed by atoms with Crippen LogP contribution in [-0.2, 0) is 9.84 Å². The lowest BCUT2D eigenvalue weighted by atomic mass is 10.2. The number of nitrogens with zero attached hydrogens (tertiary/aromatic N) is 1. The van der Waals surface area contributed by atoms with Gasteiger partial charge in [-0.05, 0) is 24.3 Å². The van der Waals surface area contributed by atoms with Crippen molar-refractivity contribution in [2.24, 2.45) is 0 Å². The number of rotatable bonds is 2. The Balaban J connectivity index is 2.59. The molecule has 0 spiro atoms. The standard InChI is InChI=1S/C13H12N2O3S/c1-18-9-5-6-10(19(2,16)17)13-11(9)12-8(15-13)4-3-7-14-12/h3-7,15H,1-2H3. The zero-order valence-corrected chi connectivity index (χ0v) is 11.3. The van der Waals surface area contributed by atoms with Crippen LogP contribution in [0.4, 0.5) is 0 Å². The van der Waals surface area contributed by atoms with Gasteiger partial charge in [-0.1, -0.05) is 0 Å². The van der Waals surface area contributed by atoms with Crippen LogP contribution in [-0.4, -0.2) is 31.8 Å². The molecule has 0 saturated heterocycles. The predicted octanol–water partition coefficient (Wildman–Crippen LogP) is 2.13. The fourth-order valence-electron chi connectivity index (χ4n) is 2.24. The maximum atomic E-state index is 11.8. The Kier molecular flexibility index (Phi) is 2.50. The number of H-pyrrole nitrogens is 1. The van der Waals surface area contributed by atoms with E-state index in [0.717, 1.165) is 5.52 Å². The van der Waals surface area contributed by atoms with E-state index in [1.54, 1.807) is 31.5 Å². The van der Waals surface area contributed by atoms with Gasteiger partial charge in [0.2, 0.25) is 0 Å². The van der Waals surface area contributed by atoms with Gasteiger partial charge in [0.25, 0.3) is 0 Å². The number of ether oxygens (including phenoxy) is 1. The van der Waals surface area contributed by atoms with Gasteiger partial charge in [-0.25, -0.2) is 8.42 Å². The second kappa shape index (κ2) is 3.96. The molecule has 5 nitrogen and oxygen atoms in total. The molecule has 2 aromatic heterocycles. The zero-order chi connectivity index (χ0) is 13.6.